The van der Waals surface area contributed by atoms with Crippen molar-refractivity contribution in [2.24, 2.45) is 5.92 Å². The van der Waals surface area contributed by atoms with E-state index in [4.69, 9.17) is 0 Å². The lowest BCUT2D eigenvalue weighted by molar-refractivity contribution is 0.443. The van der Waals surface area contributed by atoms with Crippen molar-refractivity contribution >= 4 is 11.3 Å². The number of fused-ring (bicyclic) bond motifs is 1. The van der Waals surface area contributed by atoms with E-state index in [0.717, 1.165) is 5.92 Å². The van der Waals surface area contributed by atoms with Crippen molar-refractivity contribution in [2.45, 2.75) is 32.6 Å². The van der Waals surface area contributed by atoms with Crippen LogP contribution in [0, 0.1) is 5.92 Å². The first-order valence-corrected chi connectivity index (χ1v) is 5.19. The molecule has 60 valence electrons. The summed E-state index contributed by atoms with van der Waals surface area (Å²) in [6.07, 6.45) is 5.20. The van der Waals surface area contributed by atoms with E-state index in [0.29, 0.717) is 0 Å². The van der Waals surface area contributed by atoms with Gasteiger partial charge in [0.15, 0.2) is 0 Å². The Kier molecular flexibility index (Phi) is 1.95. The molecular weight excluding hydrogens is 154 g/mol. The molecule has 0 saturated heterocycles. The topological polar surface area (TPSA) is 12.9 Å². The van der Waals surface area contributed by atoms with Crippen LogP contribution in [0.15, 0.2) is 5.51 Å². The lowest BCUT2D eigenvalue weighted by atomic mass is 9.89. The van der Waals surface area contributed by atoms with Crippen molar-refractivity contribution in [2.75, 3.05) is 0 Å². The fourth-order valence-electron chi connectivity index (χ4n) is 1.72. The zero-order valence-electron chi connectivity index (χ0n) is 6.84. The minimum absolute atomic E-state index is 0.907. The van der Waals surface area contributed by atoms with Crippen LogP contribution in [0.4, 0.5) is 0 Å². The summed E-state index contributed by atoms with van der Waals surface area (Å²) in [6, 6.07) is 0. The molecule has 0 bridgehead atoms. The van der Waals surface area contributed by atoms with Crippen LogP contribution in [-0.2, 0) is 12.8 Å². The summed E-state index contributed by atoms with van der Waals surface area (Å²) in [5.74, 6) is 0.907. The molecule has 0 N–H and O–H groups in total. The second-order valence-electron chi connectivity index (χ2n) is 3.24. The average molecular weight is 167 g/mol. The molecular formula is C9H13NS. The van der Waals surface area contributed by atoms with Crippen LogP contribution in [0.2, 0.25) is 0 Å². The largest absolute Gasteiger partial charge is 0.249 e. The third kappa shape index (κ3) is 1.32. The smallest absolute Gasteiger partial charge is 0.0797 e. The zero-order chi connectivity index (χ0) is 7.68. The summed E-state index contributed by atoms with van der Waals surface area (Å²) in [4.78, 5) is 5.91. The number of rotatable bonds is 1. The molecule has 0 amide bonds. The molecule has 1 heterocycles. The van der Waals surface area contributed by atoms with E-state index in [1.54, 1.807) is 0 Å². The Morgan fingerprint density at radius 2 is 2.64 bits per heavy atom. The van der Waals surface area contributed by atoms with Gasteiger partial charge < -0.3 is 0 Å². The molecule has 2 rings (SSSR count). The van der Waals surface area contributed by atoms with Crippen molar-refractivity contribution < 1.29 is 0 Å². The van der Waals surface area contributed by atoms with Gasteiger partial charge in [-0.2, -0.15) is 0 Å². The predicted molar refractivity (Wildman–Crippen MR) is 47.9 cm³/mol. The first kappa shape index (κ1) is 7.29. The lowest BCUT2D eigenvalue weighted by Gasteiger charge is -2.18. The molecule has 0 saturated carbocycles. The molecule has 1 nitrogen and oxygen atoms in total. The molecule has 0 spiro atoms. The van der Waals surface area contributed by atoms with Gasteiger partial charge in [0.2, 0.25) is 0 Å². The molecule has 1 atom stereocenters. The molecule has 0 fully saturated rings. The van der Waals surface area contributed by atoms with Gasteiger partial charge >= 0.3 is 0 Å². The number of aromatic nitrogens is 1. The van der Waals surface area contributed by atoms with E-state index in [1.807, 2.05) is 16.8 Å². The first-order chi connectivity index (χ1) is 5.40. The van der Waals surface area contributed by atoms with E-state index in [9.17, 15) is 0 Å². The highest BCUT2D eigenvalue weighted by Gasteiger charge is 2.18. The molecule has 11 heavy (non-hydrogen) atoms. The third-order valence-electron chi connectivity index (χ3n) is 2.56. The van der Waals surface area contributed by atoms with Crippen molar-refractivity contribution in [1.29, 1.82) is 0 Å². The van der Waals surface area contributed by atoms with Gasteiger partial charge in [-0.3, -0.25) is 0 Å². The summed E-state index contributed by atoms with van der Waals surface area (Å²) in [6.45, 7) is 2.28. The summed E-state index contributed by atoms with van der Waals surface area (Å²) in [7, 11) is 0. The predicted octanol–water partition coefficient (Wildman–Crippen LogP) is 2.66. The maximum atomic E-state index is 4.37. The summed E-state index contributed by atoms with van der Waals surface area (Å²) < 4.78 is 0. The standard InChI is InChI=1S/C9H13NS/c1-2-7-3-4-9-8(5-7)10-6-11-9/h6-7H,2-5H2,1H3. The minimum atomic E-state index is 0.907. The Balaban J connectivity index is 2.18. The van der Waals surface area contributed by atoms with E-state index >= 15 is 0 Å². The molecule has 1 aliphatic carbocycles. The quantitative estimate of drug-likeness (QED) is 0.626. The van der Waals surface area contributed by atoms with Gasteiger partial charge in [-0.1, -0.05) is 13.3 Å². The Morgan fingerprint density at radius 3 is 3.45 bits per heavy atom. The average Bonchev–Trinajstić information content (AvgIpc) is 2.50. The maximum absolute atomic E-state index is 4.37. The highest BCUT2D eigenvalue weighted by Crippen LogP contribution is 2.28. The van der Waals surface area contributed by atoms with Crippen molar-refractivity contribution in [3.05, 3.63) is 16.1 Å². The second-order valence-corrected chi connectivity index (χ2v) is 4.18. The highest BCUT2D eigenvalue weighted by molar-refractivity contribution is 7.09. The maximum Gasteiger partial charge on any atom is 0.0797 e. The Hall–Kier alpha value is -0.370. The fraction of sp³-hybridized carbons (Fsp3) is 0.667. The van der Waals surface area contributed by atoms with Crippen molar-refractivity contribution in [3.63, 3.8) is 0 Å². The third-order valence-corrected chi connectivity index (χ3v) is 3.50. The van der Waals surface area contributed by atoms with E-state index in [1.165, 1.54) is 36.3 Å². The van der Waals surface area contributed by atoms with Crippen LogP contribution < -0.4 is 0 Å². The molecule has 1 aliphatic rings. The molecule has 1 aromatic rings. The number of hydrogen-bond donors (Lipinski definition) is 0. The molecule has 1 aromatic heterocycles. The summed E-state index contributed by atoms with van der Waals surface area (Å²) >= 11 is 1.83. The van der Waals surface area contributed by atoms with Crippen LogP contribution in [0.1, 0.15) is 30.3 Å². The Morgan fingerprint density at radius 1 is 1.73 bits per heavy atom. The van der Waals surface area contributed by atoms with Gasteiger partial charge in [0.05, 0.1) is 11.2 Å². The van der Waals surface area contributed by atoms with Gasteiger partial charge in [0.25, 0.3) is 0 Å². The van der Waals surface area contributed by atoms with E-state index in [2.05, 4.69) is 11.9 Å². The number of thiazole rings is 1. The first-order valence-electron chi connectivity index (χ1n) is 4.31. The van der Waals surface area contributed by atoms with Crippen LogP contribution >= 0.6 is 11.3 Å². The minimum Gasteiger partial charge on any atom is -0.249 e. The van der Waals surface area contributed by atoms with Gasteiger partial charge in [0, 0.05) is 4.88 Å². The SMILES string of the molecule is CCC1CCc2scnc2C1. The lowest BCUT2D eigenvalue weighted by Crippen LogP contribution is -2.11. The monoisotopic (exact) mass is 167 g/mol. The molecule has 0 aliphatic heterocycles. The Bertz CT molecular complexity index is 241. The number of hydrogen-bond acceptors (Lipinski definition) is 2. The van der Waals surface area contributed by atoms with Crippen LogP contribution in [0.3, 0.4) is 0 Å². The van der Waals surface area contributed by atoms with Crippen LogP contribution in [0.5, 0.6) is 0 Å². The molecule has 0 radical (unpaired) electrons. The second kappa shape index (κ2) is 2.94. The summed E-state index contributed by atoms with van der Waals surface area (Å²) in [5, 5.41) is 0. The van der Waals surface area contributed by atoms with Gasteiger partial charge in [0.1, 0.15) is 0 Å². The molecule has 1 unspecified atom stereocenters. The van der Waals surface area contributed by atoms with Gasteiger partial charge in [-0.15, -0.1) is 11.3 Å². The highest BCUT2D eigenvalue weighted by atomic mass is 32.1. The van der Waals surface area contributed by atoms with Crippen LogP contribution in [-0.4, -0.2) is 4.98 Å². The number of aryl methyl sites for hydroxylation is 1. The molecule has 0 aromatic carbocycles. The fourth-order valence-corrected chi connectivity index (χ4v) is 2.54. The van der Waals surface area contributed by atoms with Gasteiger partial charge in [-0.25, -0.2) is 4.98 Å². The van der Waals surface area contributed by atoms with Gasteiger partial charge in [-0.05, 0) is 25.2 Å². The zero-order valence-corrected chi connectivity index (χ0v) is 7.66. The summed E-state index contributed by atoms with van der Waals surface area (Å²) in [5.41, 5.74) is 3.37. The van der Waals surface area contributed by atoms with E-state index < -0.39 is 0 Å². The number of nitrogens with zero attached hydrogens (tertiary/aromatic N) is 1. The van der Waals surface area contributed by atoms with Crippen molar-refractivity contribution in [3.8, 4) is 0 Å². The van der Waals surface area contributed by atoms with Crippen molar-refractivity contribution in [1.82, 2.24) is 4.98 Å². The van der Waals surface area contributed by atoms with Crippen LogP contribution in [0.25, 0.3) is 0 Å². The Labute approximate surface area is 71.5 Å². The normalized spacial score (nSPS) is 23.2. The van der Waals surface area contributed by atoms with E-state index in [-0.39, 0.29) is 0 Å². The molecule has 2 heteroatoms.